The standard InChI is InChI=1S/C20H19ClF4N2O4S/c1-31-17-10-12(9-16(21)27-17)18(28)26-14-5-7-19(22,8-6-14)32(29,30)15-4-2-3-13(11-15)20(23,24)25/h2-4,9-11,14H,5-8H2,1H3,(H,26,28)/t14-,19+. The van der Waals surface area contributed by atoms with Gasteiger partial charge < -0.3 is 10.1 Å². The van der Waals surface area contributed by atoms with Crippen LogP contribution in [0.1, 0.15) is 41.6 Å². The molecule has 1 amide bonds. The lowest BCUT2D eigenvalue weighted by Gasteiger charge is -2.34. The number of carbonyl (C=O) groups is 1. The van der Waals surface area contributed by atoms with Gasteiger partial charge in [0.15, 0.2) is 0 Å². The fraction of sp³-hybridized carbons (Fsp3) is 0.400. The lowest BCUT2D eigenvalue weighted by atomic mass is 9.93. The summed E-state index contributed by atoms with van der Waals surface area (Å²) in [7, 11) is -3.33. The molecule has 0 atom stereocenters. The largest absolute Gasteiger partial charge is 0.481 e. The molecule has 0 radical (unpaired) electrons. The summed E-state index contributed by atoms with van der Waals surface area (Å²) in [5, 5.41) is -0.0187. The van der Waals surface area contributed by atoms with Crippen molar-refractivity contribution in [3.63, 3.8) is 0 Å². The minimum Gasteiger partial charge on any atom is -0.481 e. The predicted molar refractivity (Wildman–Crippen MR) is 108 cm³/mol. The van der Waals surface area contributed by atoms with E-state index in [4.69, 9.17) is 16.3 Å². The van der Waals surface area contributed by atoms with Gasteiger partial charge in [-0.3, -0.25) is 4.79 Å². The summed E-state index contributed by atoms with van der Waals surface area (Å²) in [5.74, 6) is -0.397. The average Bonchev–Trinajstić information content (AvgIpc) is 2.74. The SMILES string of the molecule is COc1cc(C(=O)N[C@H]2CC[C@@](F)(S(=O)(=O)c3cccc(C(F)(F)F)c3)CC2)cc(Cl)n1. The third-order valence-corrected chi connectivity index (χ3v) is 7.70. The number of nitrogens with zero attached hydrogens (tertiary/aromatic N) is 1. The second-order valence-corrected chi connectivity index (χ2v) is 9.98. The van der Waals surface area contributed by atoms with Crippen LogP contribution >= 0.6 is 11.6 Å². The maximum atomic E-state index is 15.4. The number of carbonyl (C=O) groups excluding carboxylic acids is 1. The number of pyridine rings is 1. The van der Waals surface area contributed by atoms with E-state index >= 15 is 4.39 Å². The van der Waals surface area contributed by atoms with Crippen LogP contribution in [0.15, 0.2) is 41.3 Å². The number of benzene rings is 1. The molecule has 1 aromatic heterocycles. The number of hydrogen-bond acceptors (Lipinski definition) is 5. The van der Waals surface area contributed by atoms with Gasteiger partial charge in [-0.15, -0.1) is 0 Å². The first-order chi connectivity index (χ1) is 14.9. The van der Waals surface area contributed by atoms with E-state index in [0.29, 0.717) is 6.07 Å². The predicted octanol–water partition coefficient (Wildman–Crippen LogP) is 4.57. The van der Waals surface area contributed by atoms with Gasteiger partial charge in [0.2, 0.25) is 20.7 Å². The first-order valence-electron chi connectivity index (χ1n) is 9.49. The molecule has 1 saturated carbocycles. The van der Waals surface area contributed by atoms with Gasteiger partial charge in [0.25, 0.3) is 5.91 Å². The van der Waals surface area contributed by atoms with Crippen molar-refractivity contribution in [2.45, 2.75) is 47.8 Å². The van der Waals surface area contributed by atoms with E-state index in [-0.39, 0.29) is 29.4 Å². The molecular weight excluding hydrogens is 476 g/mol. The van der Waals surface area contributed by atoms with E-state index in [2.05, 4.69) is 10.3 Å². The van der Waals surface area contributed by atoms with Crippen LogP contribution in [-0.4, -0.2) is 37.5 Å². The number of sulfone groups is 1. The lowest BCUT2D eigenvalue weighted by Crippen LogP contribution is -2.45. The molecule has 0 unspecified atom stereocenters. The van der Waals surface area contributed by atoms with E-state index in [1.165, 1.54) is 19.2 Å². The summed E-state index contributed by atoms with van der Waals surface area (Å²) in [6.07, 6.45) is -5.74. The summed E-state index contributed by atoms with van der Waals surface area (Å²) in [6, 6.07) is 5.18. The number of alkyl halides is 4. The Labute approximate surface area is 186 Å². The number of amides is 1. The van der Waals surface area contributed by atoms with Gasteiger partial charge in [-0.2, -0.15) is 13.2 Å². The number of rotatable bonds is 5. The summed E-state index contributed by atoms with van der Waals surface area (Å²) < 4.78 is 84.7. The second-order valence-electron chi connectivity index (χ2n) is 7.38. The van der Waals surface area contributed by atoms with Crippen molar-refractivity contribution in [3.8, 4) is 5.88 Å². The molecule has 12 heteroatoms. The van der Waals surface area contributed by atoms with Crippen molar-refractivity contribution in [2.75, 3.05) is 7.11 Å². The van der Waals surface area contributed by atoms with Crippen molar-refractivity contribution in [2.24, 2.45) is 0 Å². The molecule has 1 N–H and O–H groups in total. The van der Waals surface area contributed by atoms with Gasteiger partial charge in [-0.25, -0.2) is 17.8 Å². The zero-order chi connectivity index (χ0) is 23.7. The number of aromatic nitrogens is 1. The molecule has 174 valence electrons. The number of nitrogens with one attached hydrogen (secondary N) is 1. The molecule has 1 aliphatic rings. The van der Waals surface area contributed by atoms with Crippen LogP contribution in [-0.2, 0) is 16.0 Å². The molecule has 1 aromatic carbocycles. The zero-order valence-corrected chi connectivity index (χ0v) is 18.3. The van der Waals surface area contributed by atoms with Crippen LogP contribution in [0.5, 0.6) is 5.88 Å². The van der Waals surface area contributed by atoms with Crippen LogP contribution in [0.4, 0.5) is 17.6 Å². The van der Waals surface area contributed by atoms with Crippen molar-refractivity contribution in [3.05, 3.63) is 52.7 Å². The Morgan fingerprint density at radius 2 is 1.88 bits per heavy atom. The quantitative estimate of drug-likeness (QED) is 0.486. The summed E-state index contributed by atoms with van der Waals surface area (Å²) >= 11 is 5.84. The number of hydrogen-bond donors (Lipinski definition) is 1. The average molecular weight is 495 g/mol. The molecule has 3 rings (SSSR count). The van der Waals surface area contributed by atoms with Gasteiger partial charge in [-0.05, 0) is 49.9 Å². The maximum absolute atomic E-state index is 15.4. The Morgan fingerprint density at radius 3 is 2.47 bits per heavy atom. The molecule has 1 aliphatic carbocycles. The molecule has 0 saturated heterocycles. The van der Waals surface area contributed by atoms with Crippen LogP contribution in [0.2, 0.25) is 5.15 Å². The molecule has 2 aromatic rings. The Balaban J connectivity index is 1.71. The summed E-state index contributed by atoms with van der Waals surface area (Å²) in [6.45, 7) is 0. The highest BCUT2D eigenvalue weighted by Crippen LogP contribution is 2.41. The minimum atomic E-state index is -4.75. The van der Waals surface area contributed by atoms with Gasteiger partial charge in [0.05, 0.1) is 17.6 Å². The maximum Gasteiger partial charge on any atom is 0.416 e. The molecule has 0 aliphatic heterocycles. The first kappa shape index (κ1) is 24.2. The van der Waals surface area contributed by atoms with E-state index in [1.807, 2.05) is 0 Å². The van der Waals surface area contributed by atoms with Gasteiger partial charge >= 0.3 is 6.18 Å². The third-order valence-electron chi connectivity index (χ3n) is 5.26. The summed E-state index contributed by atoms with van der Waals surface area (Å²) in [5.41, 5.74) is -1.01. The van der Waals surface area contributed by atoms with E-state index in [9.17, 15) is 26.4 Å². The molecule has 1 fully saturated rings. The van der Waals surface area contributed by atoms with Crippen LogP contribution < -0.4 is 10.1 Å². The minimum absolute atomic E-state index is 0.0175. The van der Waals surface area contributed by atoms with Gasteiger partial charge in [-0.1, -0.05) is 17.7 Å². The van der Waals surface area contributed by atoms with E-state index < -0.39 is 56.3 Å². The Kier molecular flexibility index (Phi) is 6.71. The summed E-state index contributed by atoms with van der Waals surface area (Å²) in [4.78, 5) is 15.6. The van der Waals surface area contributed by atoms with Crippen molar-refractivity contribution < 1.29 is 35.5 Å². The molecular formula is C20H19ClF4N2O4S. The van der Waals surface area contributed by atoms with Crippen LogP contribution in [0.3, 0.4) is 0 Å². The van der Waals surface area contributed by atoms with Crippen molar-refractivity contribution in [1.29, 1.82) is 0 Å². The Bertz CT molecular complexity index is 1120. The third kappa shape index (κ3) is 4.98. The second kappa shape index (κ2) is 8.86. The van der Waals surface area contributed by atoms with E-state index in [0.717, 1.165) is 18.2 Å². The highest BCUT2D eigenvalue weighted by Gasteiger charge is 2.48. The van der Waals surface area contributed by atoms with Crippen molar-refractivity contribution in [1.82, 2.24) is 10.3 Å². The highest BCUT2D eigenvalue weighted by molar-refractivity contribution is 7.92. The van der Waals surface area contributed by atoms with Crippen LogP contribution in [0.25, 0.3) is 0 Å². The first-order valence-corrected chi connectivity index (χ1v) is 11.3. The molecule has 6 nitrogen and oxygen atoms in total. The normalized spacial score (nSPS) is 21.8. The highest BCUT2D eigenvalue weighted by atomic mass is 35.5. The molecule has 0 bridgehead atoms. The zero-order valence-electron chi connectivity index (χ0n) is 16.7. The number of methoxy groups -OCH3 is 1. The van der Waals surface area contributed by atoms with Crippen molar-refractivity contribution >= 4 is 27.3 Å². The molecule has 1 heterocycles. The van der Waals surface area contributed by atoms with E-state index in [1.54, 1.807) is 0 Å². The van der Waals surface area contributed by atoms with Crippen LogP contribution in [0, 0.1) is 0 Å². The Hall–Kier alpha value is -2.40. The monoisotopic (exact) mass is 494 g/mol. The topological polar surface area (TPSA) is 85.4 Å². The Morgan fingerprint density at radius 1 is 1.22 bits per heavy atom. The van der Waals surface area contributed by atoms with Gasteiger partial charge in [0.1, 0.15) is 5.15 Å². The van der Waals surface area contributed by atoms with Gasteiger partial charge in [0, 0.05) is 17.7 Å². The fourth-order valence-electron chi connectivity index (χ4n) is 3.49. The fourth-order valence-corrected chi connectivity index (χ4v) is 5.43. The number of ether oxygens (including phenoxy) is 1. The lowest BCUT2D eigenvalue weighted by molar-refractivity contribution is -0.137. The smallest absolute Gasteiger partial charge is 0.416 e. The molecule has 0 spiro atoms. The molecule has 32 heavy (non-hydrogen) atoms. The number of halogens is 5.